The quantitative estimate of drug-likeness (QED) is 0.463. The van der Waals surface area contributed by atoms with Gasteiger partial charge in [-0.1, -0.05) is 6.08 Å². The largest absolute Gasteiger partial charge is 0.498 e. The van der Waals surface area contributed by atoms with E-state index in [1.165, 1.54) is 0 Å². The topological polar surface area (TPSA) is 36.3 Å². The van der Waals surface area contributed by atoms with Crippen LogP contribution < -0.4 is 5.46 Å². The second-order valence-corrected chi connectivity index (χ2v) is 6.06. The molecule has 0 radical (unpaired) electrons. The first-order chi connectivity index (χ1) is 8.86. The van der Waals surface area contributed by atoms with Gasteiger partial charge in [-0.25, -0.2) is 0 Å². The molecule has 0 atom stereocenters. The number of hydrogen-bond donors (Lipinski definition) is 0. The summed E-state index contributed by atoms with van der Waals surface area (Å²) in [6.45, 7) is 12.8. The van der Waals surface area contributed by atoms with E-state index in [2.05, 4.69) is 39.4 Å². The Hall–Kier alpha value is -1.07. The third-order valence-electron chi connectivity index (χ3n) is 3.97. The van der Waals surface area contributed by atoms with E-state index >= 15 is 0 Å². The predicted octanol–water partition coefficient (Wildman–Crippen LogP) is 2.15. The van der Waals surface area contributed by atoms with Gasteiger partial charge in [0, 0.05) is 24.4 Å². The number of allylic oxidation sites excluding steroid dienone is 1. The Kier molecular flexibility index (Phi) is 3.88. The van der Waals surface area contributed by atoms with Gasteiger partial charge in [-0.3, -0.25) is 4.68 Å². The maximum Gasteiger partial charge on any atom is 0.498 e. The molecular weight excluding hydrogens is 239 g/mol. The van der Waals surface area contributed by atoms with Crippen molar-refractivity contribution in [2.75, 3.05) is 0 Å². The van der Waals surface area contributed by atoms with Crippen molar-refractivity contribution < 1.29 is 9.31 Å². The van der Waals surface area contributed by atoms with Crippen molar-refractivity contribution >= 4 is 12.6 Å². The molecule has 0 spiro atoms. The lowest BCUT2D eigenvalue weighted by molar-refractivity contribution is 0.00578. The predicted molar refractivity (Wildman–Crippen MR) is 77.4 cm³/mol. The molecule has 0 amide bonds. The van der Waals surface area contributed by atoms with Crippen LogP contribution in [0.1, 0.15) is 40.5 Å². The molecule has 1 saturated heterocycles. The molecule has 5 heteroatoms. The van der Waals surface area contributed by atoms with E-state index in [4.69, 9.17) is 9.31 Å². The highest BCUT2D eigenvalue weighted by Crippen LogP contribution is 2.36. The Morgan fingerprint density at radius 3 is 2.53 bits per heavy atom. The van der Waals surface area contributed by atoms with Crippen molar-refractivity contribution in [2.24, 2.45) is 0 Å². The number of aromatic nitrogens is 2. The standard InChI is InChI=1S/C14H23BN2O2/c1-6-7-8-9-17-11-12(10-16-17)15-18-13(2,3)14(4,5)19-15/h6,10-11H,1,7-9H2,2-5H3. The number of hydrogen-bond acceptors (Lipinski definition) is 3. The van der Waals surface area contributed by atoms with Crippen molar-refractivity contribution in [3.8, 4) is 0 Å². The maximum absolute atomic E-state index is 6.00. The highest BCUT2D eigenvalue weighted by molar-refractivity contribution is 6.61. The average molecular weight is 262 g/mol. The lowest BCUT2D eigenvalue weighted by Crippen LogP contribution is -2.41. The summed E-state index contributed by atoms with van der Waals surface area (Å²) >= 11 is 0. The van der Waals surface area contributed by atoms with Gasteiger partial charge >= 0.3 is 7.12 Å². The molecule has 19 heavy (non-hydrogen) atoms. The Morgan fingerprint density at radius 1 is 1.32 bits per heavy atom. The summed E-state index contributed by atoms with van der Waals surface area (Å²) in [5, 5.41) is 4.35. The van der Waals surface area contributed by atoms with Crippen molar-refractivity contribution in [1.82, 2.24) is 9.78 Å². The van der Waals surface area contributed by atoms with Gasteiger partial charge in [0.2, 0.25) is 0 Å². The van der Waals surface area contributed by atoms with Crippen molar-refractivity contribution in [3.05, 3.63) is 25.0 Å². The fourth-order valence-electron chi connectivity index (χ4n) is 2.00. The van der Waals surface area contributed by atoms with Crippen LogP contribution in [-0.4, -0.2) is 28.1 Å². The van der Waals surface area contributed by atoms with Crippen LogP contribution in [0.4, 0.5) is 0 Å². The second-order valence-electron chi connectivity index (χ2n) is 6.06. The molecule has 1 aromatic heterocycles. The first-order valence-electron chi connectivity index (χ1n) is 6.84. The van der Waals surface area contributed by atoms with Crippen LogP contribution >= 0.6 is 0 Å². The van der Waals surface area contributed by atoms with Crippen LogP contribution in [0.5, 0.6) is 0 Å². The molecular formula is C14H23BN2O2. The monoisotopic (exact) mass is 262 g/mol. The summed E-state index contributed by atoms with van der Waals surface area (Å²) in [5.41, 5.74) is 0.378. The molecule has 104 valence electrons. The van der Waals surface area contributed by atoms with Crippen LogP contribution in [0.2, 0.25) is 0 Å². The molecule has 4 nitrogen and oxygen atoms in total. The summed E-state index contributed by atoms with van der Waals surface area (Å²) in [6, 6.07) is 0. The van der Waals surface area contributed by atoms with Crippen LogP contribution in [-0.2, 0) is 15.9 Å². The van der Waals surface area contributed by atoms with Crippen LogP contribution in [0, 0.1) is 0 Å². The first kappa shape index (κ1) is 14.3. The van der Waals surface area contributed by atoms with Crippen LogP contribution in [0.15, 0.2) is 25.0 Å². The Morgan fingerprint density at radius 2 is 1.95 bits per heavy atom. The third-order valence-corrected chi connectivity index (χ3v) is 3.97. The normalized spacial score (nSPS) is 20.7. The van der Waals surface area contributed by atoms with Crippen LogP contribution in [0.3, 0.4) is 0 Å². The van der Waals surface area contributed by atoms with Gasteiger partial charge in [0.25, 0.3) is 0 Å². The number of aryl methyl sites for hydroxylation is 1. The Labute approximate surface area is 115 Å². The number of rotatable bonds is 5. The molecule has 1 aliphatic heterocycles. The maximum atomic E-state index is 6.00. The summed E-state index contributed by atoms with van der Waals surface area (Å²) in [5.74, 6) is 0. The molecule has 1 fully saturated rings. The van der Waals surface area contributed by atoms with Crippen molar-refractivity contribution in [1.29, 1.82) is 0 Å². The van der Waals surface area contributed by atoms with Gasteiger partial charge in [0.1, 0.15) is 0 Å². The summed E-state index contributed by atoms with van der Waals surface area (Å²) in [6.07, 6.45) is 7.82. The van der Waals surface area contributed by atoms with E-state index in [1.54, 1.807) is 0 Å². The molecule has 2 heterocycles. The van der Waals surface area contributed by atoms with Gasteiger partial charge in [0.05, 0.1) is 11.2 Å². The zero-order valence-corrected chi connectivity index (χ0v) is 12.3. The SMILES string of the molecule is C=CCCCn1cc(B2OC(C)(C)C(C)(C)O2)cn1. The van der Waals surface area contributed by atoms with E-state index < -0.39 is 0 Å². The van der Waals surface area contributed by atoms with Crippen molar-refractivity contribution in [3.63, 3.8) is 0 Å². The van der Waals surface area contributed by atoms with Crippen LogP contribution in [0.25, 0.3) is 0 Å². The van der Waals surface area contributed by atoms with Crippen molar-refractivity contribution in [2.45, 2.75) is 58.3 Å². The molecule has 0 unspecified atom stereocenters. The summed E-state index contributed by atoms with van der Waals surface area (Å²) in [7, 11) is -0.321. The number of unbranched alkanes of at least 4 members (excludes halogenated alkanes) is 1. The lowest BCUT2D eigenvalue weighted by atomic mass is 9.82. The average Bonchev–Trinajstić information content (AvgIpc) is 2.83. The van der Waals surface area contributed by atoms with E-state index in [0.29, 0.717) is 0 Å². The molecule has 2 rings (SSSR count). The van der Waals surface area contributed by atoms with E-state index in [1.807, 2.05) is 23.2 Å². The zero-order chi connectivity index (χ0) is 14.1. The Bertz CT molecular complexity index is 438. The molecule has 0 bridgehead atoms. The summed E-state index contributed by atoms with van der Waals surface area (Å²) in [4.78, 5) is 0. The summed E-state index contributed by atoms with van der Waals surface area (Å²) < 4.78 is 13.9. The third kappa shape index (κ3) is 2.93. The van der Waals surface area contributed by atoms with Gasteiger partial charge in [-0.15, -0.1) is 6.58 Å². The highest BCUT2D eigenvalue weighted by Gasteiger charge is 2.52. The van der Waals surface area contributed by atoms with E-state index in [-0.39, 0.29) is 18.3 Å². The van der Waals surface area contributed by atoms with Gasteiger partial charge < -0.3 is 9.31 Å². The van der Waals surface area contributed by atoms with E-state index in [0.717, 1.165) is 24.8 Å². The molecule has 1 aliphatic rings. The minimum atomic E-state index is -0.321. The molecule has 1 aromatic rings. The smallest absolute Gasteiger partial charge is 0.399 e. The fourth-order valence-corrected chi connectivity index (χ4v) is 2.00. The highest BCUT2D eigenvalue weighted by atomic mass is 16.7. The minimum absolute atomic E-state index is 0.303. The van der Waals surface area contributed by atoms with Gasteiger partial charge in [-0.2, -0.15) is 5.10 Å². The minimum Gasteiger partial charge on any atom is -0.399 e. The molecule has 0 N–H and O–H groups in total. The van der Waals surface area contributed by atoms with Gasteiger partial charge in [-0.05, 0) is 40.5 Å². The van der Waals surface area contributed by atoms with Gasteiger partial charge in [0.15, 0.2) is 0 Å². The fraction of sp³-hybridized carbons (Fsp3) is 0.643. The Balaban J connectivity index is 2.02. The molecule has 0 saturated carbocycles. The molecule has 0 aliphatic carbocycles. The lowest BCUT2D eigenvalue weighted by Gasteiger charge is -2.32. The number of nitrogens with zero attached hydrogens (tertiary/aromatic N) is 2. The molecule has 0 aromatic carbocycles. The second kappa shape index (κ2) is 5.14. The zero-order valence-electron chi connectivity index (χ0n) is 12.3. The first-order valence-corrected chi connectivity index (χ1v) is 6.84. The van der Waals surface area contributed by atoms with E-state index in [9.17, 15) is 0 Å².